The second-order valence-corrected chi connectivity index (χ2v) is 8.69. The van der Waals surface area contributed by atoms with Gasteiger partial charge in [0.1, 0.15) is 5.01 Å². The van der Waals surface area contributed by atoms with E-state index in [0.29, 0.717) is 25.2 Å². The van der Waals surface area contributed by atoms with Crippen LogP contribution in [0.15, 0.2) is 48.5 Å². The van der Waals surface area contributed by atoms with Crippen molar-refractivity contribution in [2.75, 3.05) is 26.2 Å². The van der Waals surface area contributed by atoms with Crippen LogP contribution in [0.5, 0.6) is 0 Å². The molecule has 2 amide bonds. The molecule has 30 heavy (non-hydrogen) atoms. The lowest BCUT2D eigenvalue weighted by molar-refractivity contribution is -0.119. The highest BCUT2D eigenvalue weighted by molar-refractivity contribution is 7.18. The highest BCUT2D eigenvalue weighted by atomic mass is 32.1. The van der Waals surface area contributed by atoms with Crippen LogP contribution >= 0.6 is 11.3 Å². The number of carbonyl (C=O) groups is 2. The van der Waals surface area contributed by atoms with Crippen molar-refractivity contribution in [2.45, 2.75) is 26.4 Å². The molecule has 4 rings (SSSR count). The zero-order valence-electron chi connectivity index (χ0n) is 17.3. The molecule has 3 aromatic rings. The summed E-state index contributed by atoms with van der Waals surface area (Å²) in [5, 5.41) is 3.90. The summed E-state index contributed by atoms with van der Waals surface area (Å²) in [6, 6.07) is 16.0. The van der Waals surface area contributed by atoms with Gasteiger partial charge in [-0.3, -0.25) is 14.5 Å². The lowest BCUT2D eigenvalue weighted by Crippen LogP contribution is -2.49. The number of hydrogen-bond donors (Lipinski definition) is 1. The zero-order chi connectivity index (χ0) is 21.1. The normalized spacial score (nSPS) is 15.9. The summed E-state index contributed by atoms with van der Waals surface area (Å²) >= 11 is 1.75. The van der Waals surface area contributed by atoms with Gasteiger partial charge < -0.3 is 10.2 Å². The van der Waals surface area contributed by atoms with Crippen LogP contribution in [0.2, 0.25) is 0 Å². The van der Waals surface area contributed by atoms with E-state index in [-0.39, 0.29) is 17.9 Å². The Morgan fingerprint density at radius 3 is 2.43 bits per heavy atom. The number of hydrogen-bond acceptors (Lipinski definition) is 5. The highest BCUT2D eigenvalue weighted by Crippen LogP contribution is 2.30. The SMILES string of the molecule is CC(=O)NCc1ccc(C(=O)N2CCN([C@@H](C)c3nc4ccccc4s3)CC2)cc1. The Morgan fingerprint density at radius 1 is 1.07 bits per heavy atom. The van der Waals surface area contributed by atoms with Crippen LogP contribution in [0.4, 0.5) is 0 Å². The number of aromatic nitrogens is 1. The molecule has 0 saturated carbocycles. The first-order valence-corrected chi connectivity index (χ1v) is 11.0. The number of thiazole rings is 1. The zero-order valence-corrected chi connectivity index (χ0v) is 18.1. The maximum absolute atomic E-state index is 12.9. The van der Waals surface area contributed by atoms with E-state index < -0.39 is 0 Å². The van der Waals surface area contributed by atoms with Gasteiger partial charge >= 0.3 is 0 Å². The number of para-hydroxylation sites is 1. The molecule has 1 atom stereocenters. The molecular weight excluding hydrogens is 396 g/mol. The number of rotatable bonds is 5. The number of benzene rings is 2. The van der Waals surface area contributed by atoms with E-state index in [1.807, 2.05) is 41.3 Å². The molecule has 1 aliphatic rings. The van der Waals surface area contributed by atoms with Crippen LogP contribution < -0.4 is 5.32 Å². The van der Waals surface area contributed by atoms with E-state index in [0.717, 1.165) is 29.2 Å². The molecule has 1 N–H and O–H groups in total. The fraction of sp³-hybridized carbons (Fsp3) is 0.348. The van der Waals surface area contributed by atoms with Crippen LogP contribution in [-0.4, -0.2) is 52.8 Å². The second kappa shape index (κ2) is 8.93. The van der Waals surface area contributed by atoms with Crippen molar-refractivity contribution in [3.05, 3.63) is 64.7 Å². The third kappa shape index (κ3) is 4.52. The minimum Gasteiger partial charge on any atom is -0.352 e. The fourth-order valence-corrected chi connectivity index (χ4v) is 4.77. The van der Waals surface area contributed by atoms with Gasteiger partial charge in [-0.25, -0.2) is 4.98 Å². The Balaban J connectivity index is 1.34. The lowest BCUT2D eigenvalue weighted by atomic mass is 10.1. The van der Waals surface area contributed by atoms with E-state index in [1.165, 1.54) is 11.6 Å². The summed E-state index contributed by atoms with van der Waals surface area (Å²) in [4.78, 5) is 33.0. The first-order chi connectivity index (χ1) is 14.5. The molecule has 7 heteroatoms. The topological polar surface area (TPSA) is 65.5 Å². The van der Waals surface area contributed by atoms with Gasteiger partial charge in [-0.15, -0.1) is 11.3 Å². The van der Waals surface area contributed by atoms with E-state index in [9.17, 15) is 9.59 Å². The number of nitrogens with zero attached hydrogens (tertiary/aromatic N) is 3. The van der Waals surface area contributed by atoms with Gasteiger partial charge in [0.05, 0.1) is 16.3 Å². The van der Waals surface area contributed by atoms with Crippen LogP contribution in [-0.2, 0) is 11.3 Å². The Kier molecular flexibility index (Phi) is 6.11. The van der Waals surface area contributed by atoms with Gasteiger partial charge in [0.15, 0.2) is 0 Å². The molecule has 0 spiro atoms. The Bertz CT molecular complexity index is 1010. The Labute approximate surface area is 180 Å². The minimum absolute atomic E-state index is 0.0619. The monoisotopic (exact) mass is 422 g/mol. The van der Waals surface area contributed by atoms with Crippen molar-refractivity contribution in [3.63, 3.8) is 0 Å². The van der Waals surface area contributed by atoms with Gasteiger partial charge in [0.25, 0.3) is 5.91 Å². The predicted molar refractivity (Wildman–Crippen MR) is 119 cm³/mol. The average molecular weight is 423 g/mol. The predicted octanol–water partition coefficient (Wildman–Crippen LogP) is 3.45. The van der Waals surface area contributed by atoms with Crippen LogP contribution in [0.3, 0.4) is 0 Å². The van der Waals surface area contributed by atoms with Crippen LogP contribution in [0, 0.1) is 0 Å². The average Bonchev–Trinajstić information content (AvgIpc) is 3.21. The number of amides is 2. The summed E-state index contributed by atoms with van der Waals surface area (Å²) in [5.41, 5.74) is 2.73. The number of fused-ring (bicyclic) bond motifs is 1. The smallest absolute Gasteiger partial charge is 0.253 e. The van der Waals surface area contributed by atoms with Gasteiger partial charge in [0.2, 0.25) is 5.91 Å². The summed E-state index contributed by atoms with van der Waals surface area (Å²) < 4.78 is 1.22. The van der Waals surface area contributed by atoms with E-state index in [2.05, 4.69) is 29.3 Å². The number of carbonyl (C=O) groups excluding carboxylic acids is 2. The molecule has 0 bridgehead atoms. The van der Waals surface area contributed by atoms with E-state index in [1.54, 1.807) is 11.3 Å². The fourth-order valence-electron chi connectivity index (χ4n) is 3.71. The molecule has 1 saturated heterocycles. The van der Waals surface area contributed by atoms with Crippen molar-refractivity contribution in [1.82, 2.24) is 20.1 Å². The standard InChI is InChI=1S/C23H26N4O2S/c1-16(22-25-20-5-3-4-6-21(20)30-22)26-11-13-27(14-12-26)23(29)19-9-7-18(8-10-19)15-24-17(2)28/h3-10,16H,11-15H2,1-2H3,(H,24,28)/t16-/m0/s1. The molecular formula is C23H26N4O2S. The number of piperazine rings is 1. The maximum Gasteiger partial charge on any atom is 0.253 e. The lowest BCUT2D eigenvalue weighted by Gasteiger charge is -2.37. The molecule has 1 fully saturated rings. The largest absolute Gasteiger partial charge is 0.352 e. The summed E-state index contributed by atoms with van der Waals surface area (Å²) in [6.45, 7) is 7.26. The minimum atomic E-state index is -0.0619. The molecule has 1 aliphatic heterocycles. The molecule has 156 valence electrons. The van der Waals surface area contributed by atoms with Gasteiger partial charge in [0, 0.05) is 45.2 Å². The Morgan fingerprint density at radius 2 is 1.77 bits per heavy atom. The van der Waals surface area contributed by atoms with Crippen molar-refractivity contribution < 1.29 is 9.59 Å². The Hall–Kier alpha value is -2.77. The molecule has 0 aliphatic carbocycles. The second-order valence-electron chi connectivity index (χ2n) is 7.63. The van der Waals surface area contributed by atoms with Crippen molar-refractivity contribution in [1.29, 1.82) is 0 Å². The van der Waals surface area contributed by atoms with Crippen molar-refractivity contribution >= 4 is 33.4 Å². The van der Waals surface area contributed by atoms with Crippen LogP contribution in [0.25, 0.3) is 10.2 Å². The summed E-state index contributed by atoms with van der Waals surface area (Å²) in [5.74, 6) is 0.00136. The molecule has 6 nitrogen and oxygen atoms in total. The van der Waals surface area contributed by atoms with Crippen LogP contribution in [0.1, 0.15) is 40.8 Å². The summed E-state index contributed by atoms with van der Waals surface area (Å²) in [7, 11) is 0. The molecule has 2 aromatic carbocycles. The quantitative estimate of drug-likeness (QED) is 0.684. The highest BCUT2D eigenvalue weighted by Gasteiger charge is 2.26. The van der Waals surface area contributed by atoms with Gasteiger partial charge in [-0.2, -0.15) is 0 Å². The van der Waals surface area contributed by atoms with E-state index in [4.69, 9.17) is 4.98 Å². The summed E-state index contributed by atoms with van der Waals surface area (Å²) in [6.07, 6.45) is 0. The molecule has 1 aromatic heterocycles. The van der Waals surface area contributed by atoms with E-state index >= 15 is 0 Å². The maximum atomic E-state index is 12.9. The van der Waals surface area contributed by atoms with Gasteiger partial charge in [-0.05, 0) is 36.8 Å². The molecule has 0 radical (unpaired) electrons. The molecule has 2 heterocycles. The van der Waals surface area contributed by atoms with Gasteiger partial charge in [-0.1, -0.05) is 24.3 Å². The third-order valence-corrected chi connectivity index (χ3v) is 6.77. The number of nitrogens with one attached hydrogen (secondary N) is 1. The van der Waals surface area contributed by atoms with Crippen molar-refractivity contribution in [3.8, 4) is 0 Å². The first-order valence-electron chi connectivity index (χ1n) is 10.2. The van der Waals surface area contributed by atoms with Crippen molar-refractivity contribution in [2.24, 2.45) is 0 Å². The first kappa shape index (κ1) is 20.5. The third-order valence-electron chi connectivity index (χ3n) is 5.56. The molecule has 0 unspecified atom stereocenters.